The quantitative estimate of drug-likeness (QED) is 0.605. The van der Waals surface area contributed by atoms with Crippen LogP contribution in [0.1, 0.15) is 18.1 Å². The van der Waals surface area contributed by atoms with Gasteiger partial charge in [-0.25, -0.2) is 0 Å². The minimum Gasteiger partial charge on any atom is -0.376 e. The van der Waals surface area contributed by atoms with Crippen molar-refractivity contribution in [3.8, 4) is 0 Å². The molecule has 0 N–H and O–H groups in total. The molecule has 0 aromatic heterocycles. The average molecular weight is 186 g/mol. The molecule has 1 heteroatoms. The Morgan fingerprint density at radius 2 is 2.14 bits per heavy atom. The maximum absolute atomic E-state index is 5.57. The summed E-state index contributed by atoms with van der Waals surface area (Å²) in [6.45, 7) is 3.98. The van der Waals surface area contributed by atoms with Crippen LogP contribution in [-0.4, -0.2) is 13.2 Å². The maximum atomic E-state index is 5.57. The minimum atomic E-state index is 0.572. The molecule has 0 bridgehead atoms. The molecule has 1 aromatic rings. The predicted molar refractivity (Wildman–Crippen MR) is 57.0 cm³/mol. The van der Waals surface area contributed by atoms with Gasteiger partial charge in [0.2, 0.25) is 0 Å². The van der Waals surface area contributed by atoms with Gasteiger partial charge in [0.1, 0.15) is 0 Å². The van der Waals surface area contributed by atoms with Crippen LogP contribution in [-0.2, 0) is 11.2 Å². The Balaban J connectivity index is 2.14. The lowest BCUT2D eigenvalue weighted by molar-refractivity contribution is 0.128. The molecule has 1 nitrogen and oxygen atoms in total. The number of rotatable bonds is 0. The van der Waals surface area contributed by atoms with Gasteiger partial charge in [-0.3, -0.25) is 0 Å². The summed E-state index contributed by atoms with van der Waals surface area (Å²) in [5.41, 5.74) is 6.02. The van der Waals surface area contributed by atoms with E-state index in [1.807, 2.05) is 0 Å². The lowest BCUT2D eigenvalue weighted by atomic mass is 9.93. The summed E-state index contributed by atoms with van der Waals surface area (Å²) in [6, 6.07) is 8.75. The summed E-state index contributed by atoms with van der Waals surface area (Å²) >= 11 is 0. The fraction of sp³-hybridized carbons (Fsp3) is 0.385. The molecule has 0 spiro atoms. The van der Waals surface area contributed by atoms with Crippen LogP contribution >= 0.6 is 0 Å². The molecule has 3 rings (SSSR count). The van der Waals surface area contributed by atoms with Gasteiger partial charge in [-0.2, -0.15) is 0 Å². The first-order valence-corrected chi connectivity index (χ1v) is 5.24. The first-order valence-electron chi connectivity index (χ1n) is 5.24. The van der Waals surface area contributed by atoms with Crippen molar-refractivity contribution >= 4 is 5.57 Å². The van der Waals surface area contributed by atoms with Gasteiger partial charge in [-0.15, -0.1) is 0 Å². The Kier molecular flexibility index (Phi) is 1.74. The topological polar surface area (TPSA) is 9.23 Å². The van der Waals surface area contributed by atoms with Gasteiger partial charge in [-0.05, 0) is 28.7 Å². The van der Waals surface area contributed by atoms with Gasteiger partial charge in [0, 0.05) is 5.92 Å². The van der Waals surface area contributed by atoms with Crippen molar-refractivity contribution in [3.63, 3.8) is 0 Å². The predicted octanol–water partition coefficient (Wildman–Crippen LogP) is 2.66. The van der Waals surface area contributed by atoms with Crippen molar-refractivity contribution in [1.29, 1.82) is 0 Å². The van der Waals surface area contributed by atoms with Crippen LogP contribution in [0.3, 0.4) is 0 Å². The van der Waals surface area contributed by atoms with Crippen LogP contribution in [0.25, 0.3) is 5.57 Å². The number of benzene rings is 1. The molecule has 1 aliphatic heterocycles. The number of ether oxygens (including phenoxy) is 1. The molecule has 2 aliphatic rings. The van der Waals surface area contributed by atoms with Crippen molar-refractivity contribution in [2.45, 2.75) is 13.3 Å². The van der Waals surface area contributed by atoms with Crippen LogP contribution in [0.2, 0.25) is 0 Å². The molecular weight excluding hydrogens is 172 g/mol. The summed E-state index contributed by atoms with van der Waals surface area (Å²) in [5, 5.41) is 0. The molecule has 1 aliphatic carbocycles. The second-order valence-electron chi connectivity index (χ2n) is 4.27. The van der Waals surface area contributed by atoms with E-state index in [9.17, 15) is 0 Å². The molecular formula is C13H14O. The van der Waals surface area contributed by atoms with Crippen LogP contribution < -0.4 is 0 Å². The van der Waals surface area contributed by atoms with Gasteiger partial charge in [0.05, 0.1) is 13.2 Å². The van der Waals surface area contributed by atoms with Crippen molar-refractivity contribution < 1.29 is 4.74 Å². The van der Waals surface area contributed by atoms with E-state index in [0.717, 1.165) is 19.6 Å². The molecule has 1 unspecified atom stereocenters. The standard InChI is InChI=1S/C13H14O/c1-9-7-14-8-11-6-10-4-2-3-5-12(10)13(9)11/h2-5,9H,6-8H2,1H3. The Hall–Kier alpha value is -1.08. The van der Waals surface area contributed by atoms with E-state index >= 15 is 0 Å². The Morgan fingerprint density at radius 3 is 3.07 bits per heavy atom. The SMILES string of the molecule is CC1COCC2=C1c1ccccc1C2. The van der Waals surface area contributed by atoms with E-state index in [-0.39, 0.29) is 0 Å². The van der Waals surface area contributed by atoms with Crippen LogP contribution in [0.5, 0.6) is 0 Å². The molecule has 0 fully saturated rings. The fourth-order valence-corrected chi connectivity index (χ4v) is 2.64. The van der Waals surface area contributed by atoms with Crippen LogP contribution in [0.4, 0.5) is 0 Å². The van der Waals surface area contributed by atoms with E-state index in [2.05, 4.69) is 31.2 Å². The summed E-state index contributed by atoms with van der Waals surface area (Å²) in [7, 11) is 0. The third kappa shape index (κ3) is 1.05. The minimum absolute atomic E-state index is 0.572. The third-order valence-electron chi connectivity index (χ3n) is 3.23. The van der Waals surface area contributed by atoms with E-state index in [0.29, 0.717) is 5.92 Å². The van der Waals surface area contributed by atoms with E-state index in [4.69, 9.17) is 4.74 Å². The Labute approximate surface area is 84.4 Å². The highest BCUT2D eigenvalue weighted by Crippen LogP contribution is 2.39. The molecule has 1 aromatic carbocycles. The zero-order valence-electron chi connectivity index (χ0n) is 8.42. The smallest absolute Gasteiger partial charge is 0.0686 e. The first kappa shape index (κ1) is 8.25. The lowest BCUT2D eigenvalue weighted by Gasteiger charge is -2.22. The van der Waals surface area contributed by atoms with E-state index in [1.54, 1.807) is 5.57 Å². The fourth-order valence-electron chi connectivity index (χ4n) is 2.64. The third-order valence-corrected chi connectivity index (χ3v) is 3.23. The summed E-state index contributed by atoms with van der Waals surface area (Å²) in [6.07, 6.45) is 1.11. The highest BCUT2D eigenvalue weighted by Gasteiger charge is 2.27. The van der Waals surface area contributed by atoms with Crippen molar-refractivity contribution in [3.05, 3.63) is 41.0 Å². The van der Waals surface area contributed by atoms with Crippen LogP contribution in [0, 0.1) is 5.92 Å². The molecule has 0 saturated heterocycles. The normalized spacial score (nSPS) is 24.8. The average Bonchev–Trinajstić information content (AvgIpc) is 2.57. The molecule has 72 valence electrons. The number of hydrogen-bond acceptors (Lipinski definition) is 1. The highest BCUT2D eigenvalue weighted by atomic mass is 16.5. The lowest BCUT2D eigenvalue weighted by Crippen LogP contribution is -2.16. The second-order valence-corrected chi connectivity index (χ2v) is 4.27. The molecule has 0 amide bonds. The molecule has 1 heterocycles. The van der Waals surface area contributed by atoms with Crippen molar-refractivity contribution in [2.75, 3.05) is 13.2 Å². The number of hydrogen-bond donors (Lipinski definition) is 0. The first-order chi connectivity index (χ1) is 6.86. The molecule has 14 heavy (non-hydrogen) atoms. The highest BCUT2D eigenvalue weighted by molar-refractivity contribution is 5.78. The van der Waals surface area contributed by atoms with Crippen molar-refractivity contribution in [1.82, 2.24) is 0 Å². The summed E-state index contributed by atoms with van der Waals surface area (Å²) in [4.78, 5) is 0. The molecule has 1 atom stereocenters. The van der Waals surface area contributed by atoms with Gasteiger partial charge in [-0.1, -0.05) is 31.2 Å². The maximum Gasteiger partial charge on any atom is 0.0686 e. The van der Waals surface area contributed by atoms with Crippen LogP contribution in [0.15, 0.2) is 29.8 Å². The second kappa shape index (κ2) is 2.96. The molecule has 0 saturated carbocycles. The summed E-state index contributed by atoms with van der Waals surface area (Å²) in [5.74, 6) is 0.572. The zero-order valence-corrected chi connectivity index (χ0v) is 8.42. The van der Waals surface area contributed by atoms with Gasteiger partial charge in [0.15, 0.2) is 0 Å². The largest absolute Gasteiger partial charge is 0.376 e. The van der Waals surface area contributed by atoms with E-state index < -0.39 is 0 Å². The van der Waals surface area contributed by atoms with Crippen molar-refractivity contribution in [2.24, 2.45) is 5.92 Å². The number of fused-ring (bicyclic) bond motifs is 2. The Bertz CT molecular complexity index is 403. The zero-order chi connectivity index (χ0) is 9.54. The Morgan fingerprint density at radius 1 is 1.29 bits per heavy atom. The van der Waals surface area contributed by atoms with E-state index in [1.165, 1.54) is 16.7 Å². The molecule has 0 radical (unpaired) electrons. The summed E-state index contributed by atoms with van der Waals surface area (Å²) < 4.78 is 5.57. The van der Waals surface area contributed by atoms with Gasteiger partial charge >= 0.3 is 0 Å². The van der Waals surface area contributed by atoms with Gasteiger partial charge < -0.3 is 4.74 Å². The monoisotopic (exact) mass is 186 g/mol. The van der Waals surface area contributed by atoms with Gasteiger partial charge in [0.25, 0.3) is 0 Å².